The Balaban J connectivity index is 2.30. The molecule has 0 bridgehead atoms. The van der Waals surface area contributed by atoms with Crippen LogP contribution in [0.3, 0.4) is 0 Å². The number of likely N-dealkylation sites (N-methyl/N-ethyl adjacent to an activating group) is 1. The van der Waals surface area contributed by atoms with Crippen LogP contribution >= 0.6 is 0 Å². The molecule has 1 unspecified atom stereocenters. The minimum Gasteiger partial charge on any atom is -0.481 e. The molecule has 0 aliphatic heterocycles. The van der Waals surface area contributed by atoms with E-state index >= 15 is 0 Å². The van der Waals surface area contributed by atoms with Crippen LogP contribution in [0.1, 0.15) is 18.4 Å². The van der Waals surface area contributed by atoms with Crippen LogP contribution in [-0.2, 0) is 11.2 Å². The van der Waals surface area contributed by atoms with Gasteiger partial charge in [-0.1, -0.05) is 6.92 Å². The number of aryl methyl sites for hydroxylation is 1. The van der Waals surface area contributed by atoms with Crippen molar-refractivity contribution in [2.75, 3.05) is 20.1 Å². The third-order valence-corrected chi connectivity index (χ3v) is 2.54. The van der Waals surface area contributed by atoms with Crippen molar-refractivity contribution in [3.8, 4) is 0 Å². The Morgan fingerprint density at radius 3 is 2.75 bits per heavy atom. The fourth-order valence-corrected chi connectivity index (χ4v) is 1.56. The maximum atomic E-state index is 10.7. The van der Waals surface area contributed by atoms with E-state index in [1.165, 1.54) is 0 Å². The lowest BCUT2D eigenvalue weighted by Crippen LogP contribution is -2.30. The second-order valence-corrected chi connectivity index (χ2v) is 4.26. The summed E-state index contributed by atoms with van der Waals surface area (Å²) in [5, 5.41) is 8.77. The molecule has 16 heavy (non-hydrogen) atoms. The predicted molar refractivity (Wildman–Crippen MR) is 61.4 cm³/mol. The molecule has 90 valence electrons. The number of rotatable bonds is 6. The van der Waals surface area contributed by atoms with Gasteiger partial charge in [0.05, 0.1) is 5.92 Å². The molecule has 1 rings (SSSR count). The average molecular weight is 225 g/mol. The first kappa shape index (κ1) is 12.8. The highest BCUT2D eigenvalue weighted by molar-refractivity contribution is 5.69. The minimum atomic E-state index is -0.749. The molecular weight excluding hydrogens is 206 g/mol. The van der Waals surface area contributed by atoms with Crippen molar-refractivity contribution in [3.05, 3.63) is 23.7 Å². The zero-order valence-corrected chi connectivity index (χ0v) is 10.1. The van der Waals surface area contributed by atoms with Crippen molar-refractivity contribution in [2.45, 2.75) is 20.3 Å². The van der Waals surface area contributed by atoms with Gasteiger partial charge in [-0.2, -0.15) is 0 Å². The van der Waals surface area contributed by atoms with Crippen molar-refractivity contribution in [1.29, 1.82) is 0 Å². The first-order valence-corrected chi connectivity index (χ1v) is 5.45. The molecule has 1 aromatic rings. The number of carbonyl (C=O) groups is 1. The molecular formula is C12H19NO3. The molecule has 1 N–H and O–H groups in total. The van der Waals surface area contributed by atoms with E-state index < -0.39 is 5.97 Å². The molecule has 0 radical (unpaired) electrons. The smallest absolute Gasteiger partial charge is 0.307 e. The van der Waals surface area contributed by atoms with Crippen LogP contribution < -0.4 is 0 Å². The summed E-state index contributed by atoms with van der Waals surface area (Å²) >= 11 is 0. The zero-order valence-electron chi connectivity index (χ0n) is 10.1. The summed E-state index contributed by atoms with van der Waals surface area (Å²) in [6.45, 7) is 5.01. The summed E-state index contributed by atoms with van der Waals surface area (Å²) in [6.07, 6.45) is 0.816. The quantitative estimate of drug-likeness (QED) is 0.801. The number of aliphatic carboxylic acids is 1. The standard InChI is InChI=1S/C12H19NO3/c1-9(12(14)15)8-13(3)7-6-11-5-4-10(2)16-11/h4-5,9H,6-8H2,1-3H3,(H,14,15). The highest BCUT2D eigenvalue weighted by atomic mass is 16.4. The first-order valence-electron chi connectivity index (χ1n) is 5.45. The van der Waals surface area contributed by atoms with Crippen LogP contribution in [-0.4, -0.2) is 36.1 Å². The topological polar surface area (TPSA) is 53.7 Å². The van der Waals surface area contributed by atoms with Gasteiger partial charge in [-0.05, 0) is 26.1 Å². The van der Waals surface area contributed by atoms with Gasteiger partial charge in [0.2, 0.25) is 0 Å². The zero-order chi connectivity index (χ0) is 12.1. The number of hydrogen-bond donors (Lipinski definition) is 1. The van der Waals surface area contributed by atoms with E-state index in [0.717, 1.165) is 24.5 Å². The number of carboxylic acids is 1. The molecule has 1 aromatic heterocycles. The van der Waals surface area contributed by atoms with Crippen molar-refractivity contribution >= 4 is 5.97 Å². The lowest BCUT2D eigenvalue weighted by atomic mass is 10.1. The largest absolute Gasteiger partial charge is 0.481 e. The van der Waals surface area contributed by atoms with Crippen LogP contribution in [0.5, 0.6) is 0 Å². The summed E-state index contributed by atoms with van der Waals surface area (Å²) in [5.74, 6) is 0.785. The van der Waals surface area contributed by atoms with Crippen LogP contribution in [0.2, 0.25) is 0 Å². The highest BCUT2D eigenvalue weighted by Crippen LogP contribution is 2.08. The van der Waals surface area contributed by atoms with Gasteiger partial charge in [-0.25, -0.2) is 0 Å². The van der Waals surface area contributed by atoms with Crippen molar-refractivity contribution in [3.63, 3.8) is 0 Å². The van der Waals surface area contributed by atoms with Crippen molar-refractivity contribution < 1.29 is 14.3 Å². The third-order valence-electron chi connectivity index (χ3n) is 2.54. The van der Waals surface area contributed by atoms with Gasteiger partial charge in [0.15, 0.2) is 0 Å². The summed E-state index contributed by atoms with van der Waals surface area (Å²) in [5.41, 5.74) is 0. The molecule has 1 atom stereocenters. The normalized spacial score (nSPS) is 13.0. The van der Waals surface area contributed by atoms with Crippen LogP contribution in [0.15, 0.2) is 16.5 Å². The van der Waals surface area contributed by atoms with Gasteiger partial charge in [0.1, 0.15) is 11.5 Å². The minimum absolute atomic E-state index is 0.330. The predicted octanol–water partition coefficient (Wildman–Crippen LogP) is 1.78. The Bertz CT molecular complexity index is 346. The number of hydrogen-bond acceptors (Lipinski definition) is 3. The van der Waals surface area contributed by atoms with Gasteiger partial charge >= 0.3 is 5.97 Å². The maximum Gasteiger partial charge on any atom is 0.307 e. The van der Waals surface area contributed by atoms with E-state index in [1.807, 2.05) is 31.0 Å². The van der Waals surface area contributed by atoms with E-state index in [2.05, 4.69) is 0 Å². The van der Waals surface area contributed by atoms with Crippen molar-refractivity contribution in [1.82, 2.24) is 4.90 Å². The lowest BCUT2D eigenvalue weighted by molar-refractivity contribution is -0.141. The molecule has 0 spiro atoms. The van der Waals surface area contributed by atoms with Crippen LogP contribution in [0.4, 0.5) is 0 Å². The second-order valence-electron chi connectivity index (χ2n) is 4.26. The van der Waals surface area contributed by atoms with E-state index in [9.17, 15) is 4.79 Å². The first-order chi connectivity index (χ1) is 7.49. The fraction of sp³-hybridized carbons (Fsp3) is 0.583. The molecule has 0 aliphatic carbocycles. The maximum absolute atomic E-state index is 10.7. The molecule has 0 aromatic carbocycles. The van der Waals surface area contributed by atoms with Crippen LogP contribution in [0.25, 0.3) is 0 Å². The number of nitrogens with zero attached hydrogens (tertiary/aromatic N) is 1. The molecule has 0 saturated heterocycles. The monoisotopic (exact) mass is 225 g/mol. The number of carboxylic acid groups (broad SMARTS) is 1. The molecule has 0 saturated carbocycles. The van der Waals surface area contributed by atoms with Gasteiger partial charge < -0.3 is 14.4 Å². The van der Waals surface area contributed by atoms with E-state index in [0.29, 0.717) is 6.54 Å². The van der Waals surface area contributed by atoms with Gasteiger partial charge in [-0.15, -0.1) is 0 Å². The van der Waals surface area contributed by atoms with Crippen molar-refractivity contribution in [2.24, 2.45) is 5.92 Å². The van der Waals surface area contributed by atoms with E-state index in [1.54, 1.807) is 6.92 Å². The Morgan fingerprint density at radius 1 is 1.56 bits per heavy atom. The molecule has 0 amide bonds. The summed E-state index contributed by atoms with van der Waals surface area (Å²) < 4.78 is 5.44. The van der Waals surface area contributed by atoms with Gasteiger partial charge in [-0.3, -0.25) is 4.79 Å². The van der Waals surface area contributed by atoms with Gasteiger partial charge in [0.25, 0.3) is 0 Å². The molecule has 4 nitrogen and oxygen atoms in total. The lowest BCUT2D eigenvalue weighted by Gasteiger charge is -2.18. The summed E-state index contributed by atoms with van der Waals surface area (Å²) in [6, 6.07) is 3.90. The third kappa shape index (κ3) is 4.06. The number of furan rings is 1. The Hall–Kier alpha value is -1.29. The Kier molecular flexibility index (Phi) is 4.55. The summed E-state index contributed by atoms with van der Waals surface area (Å²) in [7, 11) is 1.93. The second kappa shape index (κ2) is 5.70. The highest BCUT2D eigenvalue weighted by Gasteiger charge is 2.13. The van der Waals surface area contributed by atoms with Crippen LogP contribution in [0, 0.1) is 12.8 Å². The Morgan fingerprint density at radius 2 is 2.25 bits per heavy atom. The molecule has 1 heterocycles. The SMILES string of the molecule is Cc1ccc(CCN(C)CC(C)C(=O)O)o1. The van der Waals surface area contributed by atoms with E-state index in [-0.39, 0.29) is 5.92 Å². The molecule has 0 fully saturated rings. The summed E-state index contributed by atoms with van der Waals surface area (Å²) in [4.78, 5) is 12.7. The average Bonchev–Trinajstić information content (AvgIpc) is 2.61. The van der Waals surface area contributed by atoms with E-state index in [4.69, 9.17) is 9.52 Å². The van der Waals surface area contributed by atoms with Gasteiger partial charge in [0, 0.05) is 19.5 Å². The Labute approximate surface area is 95.9 Å². The molecule has 4 heteroatoms. The molecule has 0 aliphatic rings. The fourth-order valence-electron chi connectivity index (χ4n) is 1.56.